The number of ether oxygens (including phenoxy) is 1. The minimum absolute atomic E-state index is 0.621. The van der Waals surface area contributed by atoms with Gasteiger partial charge in [-0.3, -0.25) is 0 Å². The lowest BCUT2D eigenvalue weighted by Gasteiger charge is -2.12. The van der Waals surface area contributed by atoms with Crippen molar-refractivity contribution in [3.05, 3.63) is 96.8 Å². The molecule has 32 heavy (non-hydrogen) atoms. The lowest BCUT2D eigenvalue weighted by molar-refractivity contribution is -0.0768. The van der Waals surface area contributed by atoms with Crippen LogP contribution in [0.25, 0.3) is 45.3 Å². The second-order valence-electron chi connectivity index (χ2n) is 7.45. The van der Waals surface area contributed by atoms with E-state index in [4.69, 9.17) is 4.74 Å². The van der Waals surface area contributed by atoms with E-state index in [1.165, 1.54) is 7.11 Å². The number of aromatic amines is 2. The topological polar surface area (TPSA) is 86.8 Å². The van der Waals surface area contributed by atoms with E-state index in [2.05, 4.69) is 19.9 Å². The van der Waals surface area contributed by atoms with Crippen molar-refractivity contribution in [1.29, 1.82) is 0 Å². The van der Waals surface area contributed by atoms with Crippen molar-refractivity contribution in [3.63, 3.8) is 0 Å². The lowest BCUT2D eigenvalue weighted by Crippen LogP contribution is -2.01. The van der Waals surface area contributed by atoms with E-state index in [1.54, 1.807) is 0 Å². The Bertz CT molecular complexity index is 1230. The molecule has 5 rings (SSSR count). The summed E-state index contributed by atoms with van der Waals surface area (Å²) in [5.74, 6) is 1.40. The third-order valence-electron chi connectivity index (χ3n) is 5.33. The van der Waals surface area contributed by atoms with Crippen molar-refractivity contribution in [3.8, 4) is 45.3 Å². The molecule has 0 spiro atoms. The summed E-state index contributed by atoms with van der Waals surface area (Å²) >= 11 is 0. The molecule has 6 heteroatoms. The maximum atomic E-state index is 10.4. The number of benzene rings is 3. The Morgan fingerprint density at radius 2 is 1.16 bits per heavy atom. The molecule has 0 aliphatic carbocycles. The molecular formula is C26H22N4O2. The number of hydrogen-bond donors (Lipinski definition) is 3. The highest BCUT2D eigenvalue weighted by atomic mass is 16.6. The van der Waals surface area contributed by atoms with Crippen LogP contribution in [0.1, 0.15) is 11.9 Å². The average molecular weight is 422 g/mol. The van der Waals surface area contributed by atoms with Gasteiger partial charge < -0.3 is 19.8 Å². The number of aliphatic hydroxyl groups is 1. The zero-order chi connectivity index (χ0) is 21.9. The Morgan fingerprint density at radius 3 is 1.59 bits per heavy atom. The highest BCUT2D eigenvalue weighted by Crippen LogP contribution is 2.31. The van der Waals surface area contributed by atoms with E-state index in [0.717, 1.165) is 33.6 Å². The van der Waals surface area contributed by atoms with Gasteiger partial charge >= 0.3 is 0 Å². The number of nitrogens with one attached hydrogen (secondary N) is 2. The molecule has 0 aliphatic heterocycles. The van der Waals surface area contributed by atoms with Crippen molar-refractivity contribution in [2.24, 2.45) is 0 Å². The second-order valence-corrected chi connectivity index (χ2v) is 7.45. The molecule has 0 fully saturated rings. The summed E-state index contributed by atoms with van der Waals surface area (Å²) in [6.07, 6.45) is 2.56. The maximum Gasteiger partial charge on any atom is 0.180 e. The molecule has 1 unspecified atom stereocenters. The van der Waals surface area contributed by atoms with Gasteiger partial charge in [0.2, 0.25) is 0 Å². The summed E-state index contributed by atoms with van der Waals surface area (Å²) in [7, 11) is 1.47. The van der Waals surface area contributed by atoms with Gasteiger partial charge in [0.1, 0.15) is 11.6 Å². The second kappa shape index (κ2) is 8.63. The first-order valence-corrected chi connectivity index (χ1v) is 10.3. The Kier molecular flexibility index (Phi) is 5.37. The first kappa shape index (κ1) is 19.9. The first-order valence-electron chi connectivity index (χ1n) is 10.3. The van der Waals surface area contributed by atoms with Crippen LogP contribution < -0.4 is 0 Å². The van der Waals surface area contributed by atoms with Crippen molar-refractivity contribution in [2.45, 2.75) is 6.29 Å². The zero-order valence-corrected chi connectivity index (χ0v) is 17.5. The minimum atomic E-state index is -1.05. The molecule has 0 bridgehead atoms. The third kappa shape index (κ3) is 3.97. The molecule has 158 valence electrons. The van der Waals surface area contributed by atoms with Crippen LogP contribution in [0.5, 0.6) is 0 Å². The Hall–Kier alpha value is -4.00. The quantitative estimate of drug-likeness (QED) is 0.318. The number of rotatable bonds is 6. The summed E-state index contributed by atoms with van der Waals surface area (Å²) in [6.45, 7) is 0. The Labute approximate surface area is 185 Å². The molecule has 0 saturated heterocycles. The molecule has 3 N–H and O–H groups in total. The van der Waals surface area contributed by atoms with E-state index in [9.17, 15) is 5.11 Å². The largest absolute Gasteiger partial charge is 0.364 e. The van der Waals surface area contributed by atoms with Gasteiger partial charge in [0.05, 0.1) is 23.8 Å². The third-order valence-corrected chi connectivity index (χ3v) is 5.33. The summed E-state index contributed by atoms with van der Waals surface area (Å²) in [4.78, 5) is 15.9. The number of hydrogen-bond acceptors (Lipinski definition) is 4. The van der Waals surface area contributed by atoms with Gasteiger partial charge in [-0.05, 0) is 29.3 Å². The van der Waals surface area contributed by atoms with E-state index in [1.807, 2.05) is 91.3 Å². The maximum absolute atomic E-state index is 10.4. The van der Waals surface area contributed by atoms with E-state index in [-0.39, 0.29) is 0 Å². The van der Waals surface area contributed by atoms with Gasteiger partial charge in [0.25, 0.3) is 0 Å². The summed E-state index contributed by atoms with van der Waals surface area (Å²) in [6, 6.07) is 25.8. The van der Waals surface area contributed by atoms with Crippen LogP contribution in [-0.4, -0.2) is 32.2 Å². The van der Waals surface area contributed by atoms with Crippen LogP contribution in [0, 0.1) is 0 Å². The van der Waals surface area contributed by atoms with Gasteiger partial charge in [-0.15, -0.1) is 0 Å². The van der Waals surface area contributed by atoms with Crippen molar-refractivity contribution in [2.75, 3.05) is 7.11 Å². The molecule has 1 atom stereocenters. The SMILES string of the molecule is COC(O)c1cc(-c2ncc(-c3ccccc3)[nH]2)cc(-c2ncc(-c3ccccc3)[nH]2)c1. The van der Waals surface area contributed by atoms with Crippen LogP contribution in [0.4, 0.5) is 0 Å². The minimum Gasteiger partial charge on any atom is -0.364 e. The van der Waals surface area contributed by atoms with E-state index in [0.29, 0.717) is 17.2 Å². The summed E-state index contributed by atoms with van der Waals surface area (Å²) in [5.41, 5.74) is 6.22. The molecule has 2 aromatic heterocycles. The molecule has 3 aromatic carbocycles. The van der Waals surface area contributed by atoms with Gasteiger partial charge in [0, 0.05) is 23.8 Å². The van der Waals surface area contributed by atoms with Gasteiger partial charge in [-0.1, -0.05) is 60.7 Å². The van der Waals surface area contributed by atoms with Crippen LogP contribution in [-0.2, 0) is 4.74 Å². The van der Waals surface area contributed by atoms with Gasteiger partial charge in [-0.25, -0.2) is 9.97 Å². The Balaban J connectivity index is 1.56. The number of imidazole rings is 2. The van der Waals surface area contributed by atoms with Gasteiger partial charge in [0.15, 0.2) is 6.29 Å². The molecular weight excluding hydrogens is 400 g/mol. The van der Waals surface area contributed by atoms with Gasteiger partial charge in [-0.2, -0.15) is 0 Å². The molecule has 0 radical (unpaired) electrons. The Morgan fingerprint density at radius 1 is 0.688 bits per heavy atom. The fraction of sp³-hybridized carbons (Fsp3) is 0.0769. The van der Waals surface area contributed by atoms with Crippen LogP contribution in [0.15, 0.2) is 91.3 Å². The number of H-pyrrole nitrogens is 2. The number of aromatic nitrogens is 4. The standard InChI is InChI=1S/C26H22N4O2/c1-32-26(31)21-13-19(24-27-15-22(29-24)17-8-4-2-5-9-17)12-20(14-21)25-28-16-23(30-25)18-10-6-3-7-11-18/h2-16,26,31H,1H3,(H,27,29)(H,28,30). The lowest BCUT2D eigenvalue weighted by atomic mass is 10.0. The molecule has 5 aromatic rings. The molecule has 6 nitrogen and oxygen atoms in total. The fourth-order valence-corrected chi connectivity index (χ4v) is 3.67. The van der Waals surface area contributed by atoms with E-state index >= 15 is 0 Å². The number of methoxy groups -OCH3 is 1. The summed E-state index contributed by atoms with van der Waals surface area (Å²) < 4.78 is 5.16. The van der Waals surface area contributed by atoms with Crippen LogP contribution >= 0.6 is 0 Å². The molecule has 2 heterocycles. The molecule has 0 amide bonds. The van der Waals surface area contributed by atoms with Crippen molar-refractivity contribution < 1.29 is 9.84 Å². The average Bonchev–Trinajstić information content (AvgIpc) is 3.55. The van der Waals surface area contributed by atoms with Crippen LogP contribution in [0.2, 0.25) is 0 Å². The summed E-state index contributed by atoms with van der Waals surface area (Å²) in [5, 5.41) is 10.4. The number of aliphatic hydroxyl groups excluding tert-OH is 1. The highest BCUT2D eigenvalue weighted by molar-refractivity contribution is 5.72. The fourth-order valence-electron chi connectivity index (χ4n) is 3.67. The monoisotopic (exact) mass is 422 g/mol. The normalized spacial score (nSPS) is 12.1. The predicted octanol–water partition coefficient (Wildman–Crippen LogP) is 5.44. The molecule has 0 saturated carbocycles. The van der Waals surface area contributed by atoms with Crippen LogP contribution in [0.3, 0.4) is 0 Å². The highest BCUT2D eigenvalue weighted by Gasteiger charge is 2.15. The zero-order valence-electron chi connectivity index (χ0n) is 17.5. The smallest absolute Gasteiger partial charge is 0.180 e. The van der Waals surface area contributed by atoms with Crippen molar-refractivity contribution in [1.82, 2.24) is 19.9 Å². The van der Waals surface area contributed by atoms with Crippen molar-refractivity contribution >= 4 is 0 Å². The number of nitrogens with zero attached hydrogens (tertiary/aromatic N) is 2. The first-order chi connectivity index (χ1) is 15.7. The van der Waals surface area contributed by atoms with E-state index < -0.39 is 6.29 Å². The predicted molar refractivity (Wildman–Crippen MR) is 124 cm³/mol. The molecule has 0 aliphatic rings.